The van der Waals surface area contributed by atoms with Crippen LogP contribution in [0.3, 0.4) is 0 Å². The minimum Gasteiger partial charge on any atom is -0.468 e. The van der Waals surface area contributed by atoms with Crippen LogP contribution in [0.2, 0.25) is 0 Å². The van der Waals surface area contributed by atoms with E-state index in [0.29, 0.717) is 0 Å². The first-order chi connectivity index (χ1) is 9.94. The average Bonchev–Trinajstić information content (AvgIpc) is 2.47. The Labute approximate surface area is 127 Å². The van der Waals surface area contributed by atoms with E-state index in [4.69, 9.17) is 9.47 Å². The van der Waals surface area contributed by atoms with Crippen LogP contribution < -0.4 is 0 Å². The van der Waals surface area contributed by atoms with Gasteiger partial charge in [-0.3, -0.25) is 9.59 Å². The second-order valence-corrected chi connectivity index (χ2v) is 4.88. The molecule has 0 radical (unpaired) electrons. The standard InChI is InChI=1S/C17H24O4/c1-6-7-8-9-12-17(15(18)20-4,16(19)21-5)13-10-11-14(2)3/h6-9,14H,12-13H2,1-5H3/b7-6+,9-8-. The summed E-state index contributed by atoms with van der Waals surface area (Å²) >= 11 is 0. The van der Waals surface area contributed by atoms with Crippen LogP contribution in [-0.4, -0.2) is 26.2 Å². The number of esters is 2. The summed E-state index contributed by atoms with van der Waals surface area (Å²) in [5, 5.41) is 0. The Morgan fingerprint density at radius 1 is 1.14 bits per heavy atom. The Bertz CT molecular complexity index is 445. The molecule has 0 N–H and O–H groups in total. The molecule has 0 saturated carbocycles. The molecule has 0 unspecified atom stereocenters. The van der Waals surface area contributed by atoms with Gasteiger partial charge in [0, 0.05) is 12.3 Å². The molecule has 0 amide bonds. The third kappa shape index (κ3) is 5.86. The van der Waals surface area contributed by atoms with Gasteiger partial charge in [0.05, 0.1) is 14.2 Å². The molecule has 0 heterocycles. The summed E-state index contributed by atoms with van der Waals surface area (Å²) in [6, 6.07) is 0. The molecular weight excluding hydrogens is 268 g/mol. The van der Waals surface area contributed by atoms with Crippen LogP contribution in [0.4, 0.5) is 0 Å². The van der Waals surface area contributed by atoms with Crippen molar-refractivity contribution in [2.45, 2.75) is 33.6 Å². The van der Waals surface area contributed by atoms with Gasteiger partial charge in [-0.15, -0.1) is 11.8 Å². The molecule has 0 atom stereocenters. The maximum atomic E-state index is 12.1. The van der Waals surface area contributed by atoms with Crippen molar-refractivity contribution in [2.75, 3.05) is 14.2 Å². The summed E-state index contributed by atoms with van der Waals surface area (Å²) in [4.78, 5) is 24.3. The molecule has 0 saturated heterocycles. The van der Waals surface area contributed by atoms with Gasteiger partial charge in [-0.1, -0.05) is 38.2 Å². The highest BCUT2D eigenvalue weighted by molar-refractivity contribution is 6.00. The van der Waals surface area contributed by atoms with E-state index in [9.17, 15) is 9.59 Å². The summed E-state index contributed by atoms with van der Waals surface area (Å²) in [5.41, 5.74) is -1.41. The number of hydrogen-bond acceptors (Lipinski definition) is 4. The Balaban J connectivity index is 5.48. The summed E-state index contributed by atoms with van der Waals surface area (Å²) in [5.74, 6) is 4.76. The molecule has 0 aliphatic rings. The Kier molecular flexibility index (Phi) is 8.87. The van der Waals surface area contributed by atoms with Crippen LogP contribution in [0.5, 0.6) is 0 Å². The van der Waals surface area contributed by atoms with Crippen LogP contribution in [0, 0.1) is 23.2 Å². The van der Waals surface area contributed by atoms with Crippen molar-refractivity contribution in [3.05, 3.63) is 24.3 Å². The summed E-state index contributed by atoms with van der Waals surface area (Å²) in [6.45, 7) is 5.76. The quantitative estimate of drug-likeness (QED) is 0.327. The van der Waals surface area contributed by atoms with Crippen molar-refractivity contribution in [3.63, 3.8) is 0 Å². The summed E-state index contributed by atoms with van der Waals surface area (Å²) < 4.78 is 9.59. The molecule has 0 rings (SSSR count). The van der Waals surface area contributed by atoms with Crippen molar-refractivity contribution in [1.82, 2.24) is 0 Å². The third-order valence-corrected chi connectivity index (χ3v) is 2.84. The predicted octanol–water partition coefficient (Wildman–Crippen LogP) is 2.89. The Hall–Kier alpha value is -2.02. The van der Waals surface area contributed by atoms with E-state index >= 15 is 0 Å². The van der Waals surface area contributed by atoms with Crippen LogP contribution in [0.1, 0.15) is 33.6 Å². The molecule has 21 heavy (non-hydrogen) atoms. The zero-order chi connectivity index (χ0) is 16.3. The fourth-order valence-electron chi connectivity index (χ4n) is 1.72. The molecule has 0 fully saturated rings. The first kappa shape index (κ1) is 19.0. The number of rotatable bonds is 6. The topological polar surface area (TPSA) is 52.6 Å². The van der Waals surface area contributed by atoms with Crippen LogP contribution >= 0.6 is 0 Å². The first-order valence-electron chi connectivity index (χ1n) is 6.87. The minimum atomic E-state index is -1.41. The van der Waals surface area contributed by atoms with E-state index in [1.165, 1.54) is 14.2 Å². The lowest BCUT2D eigenvalue weighted by Gasteiger charge is -2.24. The summed E-state index contributed by atoms with van der Waals surface area (Å²) in [6.07, 6.45) is 7.45. The molecule has 0 aliphatic heterocycles. The molecule has 0 aromatic carbocycles. The zero-order valence-corrected chi connectivity index (χ0v) is 13.4. The van der Waals surface area contributed by atoms with Gasteiger partial charge in [-0.2, -0.15) is 0 Å². The fourth-order valence-corrected chi connectivity index (χ4v) is 1.72. The van der Waals surface area contributed by atoms with Gasteiger partial charge in [0.1, 0.15) is 0 Å². The van der Waals surface area contributed by atoms with Gasteiger partial charge in [0.15, 0.2) is 5.41 Å². The summed E-state index contributed by atoms with van der Waals surface area (Å²) in [7, 11) is 2.51. The molecular formula is C17H24O4. The van der Waals surface area contributed by atoms with E-state index < -0.39 is 17.4 Å². The highest BCUT2D eigenvalue weighted by Crippen LogP contribution is 2.30. The molecule has 0 aliphatic carbocycles. The van der Waals surface area contributed by atoms with Crippen LogP contribution in [0.25, 0.3) is 0 Å². The second kappa shape index (κ2) is 9.82. The van der Waals surface area contributed by atoms with Gasteiger partial charge in [0.2, 0.25) is 0 Å². The van der Waals surface area contributed by atoms with E-state index in [0.717, 1.165) is 0 Å². The van der Waals surface area contributed by atoms with Crippen molar-refractivity contribution < 1.29 is 19.1 Å². The monoisotopic (exact) mass is 292 g/mol. The Morgan fingerprint density at radius 3 is 2.14 bits per heavy atom. The second-order valence-electron chi connectivity index (χ2n) is 4.88. The number of ether oxygens (including phenoxy) is 2. The maximum absolute atomic E-state index is 12.1. The molecule has 0 aromatic rings. The Morgan fingerprint density at radius 2 is 1.71 bits per heavy atom. The van der Waals surface area contributed by atoms with Gasteiger partial charge in [-0.25, -0.2) is 0 Å². The number of carbonyl (C=O) groups is 2. The average molecular weight is 292 g/mol. The van der Waals surface area contributed by atoms with Crippen LogP contribution in [0.15, 0.2) is 24.3 Å². The largest absolute Gasteiger partial charge is 0.468 e. The van der Waals surface area contributed by atoms with Crippen molar-refractivity contribution in [3.8, 4) is 11.8 Å². The lowest BCUT2D eigenvalue weighted by Crippen LogP contribution is -2.40. The SMILES string of the molecule is C/C=C/C=C\CC(CC#CC(C)C)(C(=O)OC)C(=O)OC. The van der Waals surface area contributed by atoms with Crippen LogP contribution in [-0.2, 0) is 19.1 Å². The van der Waals surface area contributed by atoms with Crippen molar-refractivity contribution in [2.24, 2.45) is 11.3 Å². The molecule has 0 aromatic heterocycles. The molecule has 116 valence electrons. The maximum Gasteiger partial charge on any atom is 0.324 e. The van der Waals surface area contributed by atoms with Gasteiger partial charge >= 0.3 is 11.9 Å². The van der Waals surface area contributed by atoms with E-state index in [-0.39, 0.29) is 18.8 Å². The normalized spacial score (nSPS) is 11.5. The van der Waals surface area contributed by atoms with Gasteiger partial charge < -0.3 is 9.47 Å². The van der Waals surface area contributed by atoms with E-state index in [2.05, 4.69) is 11.8 Å². The number of carbonyl (C=O) groups excluding carboxylic acids is 2. The zero-order valence-electron chi connectivity index (χ0n) is 13.4. The fraction of sp³-hybridized carbons (Fsp3) is 0.529. The van der Waals surface area contributed by atoms with Gasteiger partial charge in [0.25, 0.3) is 0 Å². The lowest BCUT2D eigenvalue weighted by molar-refractivity contribution is -0.168. The highest BCUT2D eigenvalue weighted by atomic mass is 16.5. The predicted molar refractivity (Wildman–Crippen MR) is 82.3 cm³/mol. The molecule has 4 heteroatoms. The molecule has 4 nitrogen and oxygen atoms in total. The minimum absolute atomic E-state index is 0.0741. The third-order valence-electron chi connectivity index (χ3n) is 2.84. The molecule has 0 bridgehead atoms. The highest BCUT2D eigenvalue weighted by Gasteiger charge is 2.47. The van der Waals surface area contributed by atoms with E-state index in [1.54, 1.807) is 12.2 Å². The van der Waals surface area contributed by atoms with Gasteiger partial charge in [-0.05, 0) is 13.3 Å². The number of methoxy groups -OCH3 is 2. The number of allylic oxidation sites excluding steroid dienone is 4. The first-order valence-corrected chi connectivity index (χ1v) is 6.87. The molecule has 0 spiro atoms. The van der Waals surface area contributed by atoms with Crippen molar-refractivity contribution in [1.29, 1.82) is 0 Å². The smallest absolute Gasteiger partial charge is 0.324 e. The van der Waals surface area contributed by atoms with Crippen molar-refractivity contribution >= 4 is 11.9 Å². The van der Waals surface area contributed by atoms with E-state index in [1.807, 2.05) is 32.9 Å². The lowest BCUT2D eigenvalue weighted by atomic mass is 9.81. The number of hydrogen-bond donors (Lipinski definition) is 0.